The molecule has 0 bridgehead atoms. The molecule has 2 N–H and O–H groups in total. The minimum atomic E-state index is -4.33. The number of hydrogen-bond acceptors (Lipinski definition) is 2. The van der Waals surface area contributed by atoms with Crippen LogP contribution in [-0.2, 0) is 17.4 Å². The van der Waals surface area contributed by atoms with Gasteiger partial charge in [-0.3, -0.25) is 4.79 Å². The molecule has 2 atom stereocenters. The summed E-state index contributed by atoms with van der Waals surface area (Å²) in [5.41, 5.74) is 0.0429. The topological polar surface area (TPSA) is 49.3 Å². The first-order valence-corrected chi connectivity index (χ1v) is 5.85. The first-order valence-electron chi connectivity index (χ1n) is 5.85. The van der Waals surface area contributed by atoms with Crippen molar-refractivity contribution in [2.45, 2.75) is 38.5 Å². The summed E-state index contributed by atoms with van der Waals surface area (Å²) in [5, 5.41) is 11.6. The number of hydrogen-bond donors (Lipinski definition) is 2. The average Bonchev–Trinajstić information content (AvgIpc) is 2.28. The number of carbonyl (C=O) groups is 1. The molecule has 2 unspecified atom stereocenters. The van der Waals surface area contributed by atoms with Gasteiger partial charge in [0.2, 0.25) is 0 Å². The largest absolute Gasteiger partial charge is 0.480 e. The molecule has 19 heavy (non-hydrogen) atoms. The van der Waals surface area contributed by atoms with Crippen LogP contribution >= 0.6 is 0 Å². The summed E-state index contributed by atoms with van der Waals surface area (Å²) in [6.45, 7) is 3.31. The van der Waals surface area contributed by atoms with E-state index in [4.69, 9.17) is 5.11 Å². The smallest absolute Gasteiger partial charge is 0.416 e. The Morgan fingerprint density at radius 3 is 2.21 bits per heavy atom. The zero-order valence-corrected chi connectivity index (χ0v) is 10.7. The van der Waals surface area contributed by atoms with Gasteiger partial charge in [-0.2, -0.15) is 13.2 Å². The van der Waals surface area contributed by atoms with Crippen LogP contribution in [0.3, 0.4) is 0 Å². The third-order valence-electron chi connectivity index (χ3n) is 2.73. The van der Waals surface area contributed by atoms with Gasteiger partial charge in [0.25, 0.3) is 0 Å². The van der Waals surface area contributed by atoms with Crippen molar-refractivity contribution in [1.29, 1.82) is 0 Å². The number of nitrogens with one attached hydrogen (secondary N) is 1. The van der Waals surface area contributed by atoms with E-state index in [1.165, 1.54) is 19.1 Å². The van der Waals surface area contributed by atoms with Crippen LogP contribution in [0.1, 0.15) is 25.0 Å². The molecule has 3 nitrogen and oxygen atoms in total. The summed E-state index contributed by atoms with van der Waals surface area (Å²) in [5.74, 6) is -0.959. The van der Waals surface area contributed by atoms with Crippen molar-refractivity contribution in [3.8, 4) is 0 Å². The van der Waals surface area contributed by atoms with Gasteiger partial charge >= 0.3 is 12.1 Å². The predicted molar refractivity (Wildman–Crippen MR) is 64.8 cm³/mol. The number of rotatable bonds is 5. The van der Waals surface area contributed by atoms with Gasteiger partial charge in [-0.05, 0) is 38.0 Å². The molecular weight excluding hydrogens is 259 g/mol. The number of benzene rings is 1. The Bertz CT molecular complexity index is 429. The highest BCUT2D eigenvalue weighted by atomic mass is 19.4. The molecule has 0 saturated heterocycles. The number of halogens is 3. The quantitative estimate of drug-likeness (QED) is 0.868. The highest BCUT2D eigenvalue weighted by Crippen LogP contribution is 2.29. The molecule has 1 aromatic carbocycles. The zero-order chi connectivity index (χ0) is 14.6. The second-order valence-electron chi connectivity index (χ2n) is 4.53. The third-order valence-corrected chi connectivity index (χ3v) is 2.73. The third kappa shape index (κ3) is 4.90. The van der Waals surface area contributed by atoms with Gasteiger partial charge in [0.15, 0.2) is 0 Å². The Morgan fingerprint density at radius 1 is 1.26 bits per heavy atom. The molecule has 0 heterocycles. The van der Waals surface area contributed by atoms with Gasteiger partial charge in [0.1, 0.15) is 6.04 Å². The zero-order valence-electron chi connectivity index (χ0n) is 10.7. The second kappa shape index (κ2) is 6.06. The van der Waals surface area contributed by atoms with Crippen LogP contribution in [0, 0.1) is 0 Å². The molecule has 0 aliphatic carbocycles. The molecule has 106 valence electrons. The number of carboxylic acid groups (broad SMARTS) is 1. The number of alkyl halides is 3. The molecule has 0 aliphatic rings. The van der Waals surface area contributed by atoms with Crippen molar-refractivity contribution >= 4 is 5.97 Å². The Kier molecular flexibility index (Phi) is 4.94. The molecule has 0 spiro atoms. The molecule has 0 aromatic heterocycles. The highest BCUT2D eigenvalue weighted by Gasteiger charge is 2.29. The Balaban J connectivity index is 2.61. The summed E-state index contributed by atoms with van der Waals surface area (Å²) in [7, 11) is 0. The number of carboxylic acids is 1. The van der Waals surface area contributed by atoms with E-state index in [2.05, 4.69) is 5.32 Å². The Labute approximate surface area is 109 Å². The van der Waals surface area contributed by atoms with Crippen LogP contribution < -0.4 is 5.32 Å². The van der Waals surface area contributed by atoms with Crippen LogP contribution in [0.2, 0.25) is 0 Å². The van der Waals surface area contributed by atoms with E-state index in [0.29, 0.717) is 6.42 Å². The van der Waals surface area contributed by atoms with E-state index in [0.717, 1.165) is 17.7 Å². The molecule has 0 amide bonds. The summed E-state index contributed by atoms with van der Waals surface area (Å²) in [4.78, 5) is 10.7. The van der Waals surface area contributed by atoms with Gasteiger partial charge in [-0.1, -0.05) is 12.1 Å². The van der Waals surface area contributed by atoms with Gasteiger partial charge < -0.3 is 10.4 Å². The monoisotopic (exact) mass is 275 g/mol. The van der Waals surface area contributed by atoms with Crippen molar-refractivity contribution < 1.29 is 23.1 Å². The lowest BCUT2D eigenvalue weighted by Crippen LogP contribution is -2.40. The molecule has 1 rings (SSSR count). The van der Waals surface area contributed by atoms with Gasteiger partial charge in [-0.25, -0.2) is 0 Å². The van der Waals surface area contributed by atoms with Crippen LogP contribution in [0.25, 0.3) is 0 Å². The van der Waals surface area contributed by atoms with E-state index < -0.39 is 23.8 Å². The lowest BCUT2D eigenvalue weighted by atomic mass is 10.0. The molecule has 1 aromatic rings. The van der Waals surface area contributed by atoms with Gasteiger partial charge in [0, 0.05) is 6.04 Å². The van der Waals surface area contributed by atoms with Crippen LogP contribution in [0.4, 0.5) is 13.2 Å². The highest BCUT2D eigenvalue weighted by molar-refractivity contribution is 5.72. The molecule has 0 aliphatic heterocycles. The number of aliphatic carboxylic acids is 1. The molecule has 0 fully saturated rings. The van der Waals surface area contributed by atoms with E-state index in [1.807, 2.05) is 0 Å². The maximum Gasteiger partial charge on any atom is 0.416 e. The summed E-state index contributed by atoms with van der Waals surface area (Å²) in [6.07, 6.45) is -3.87. The minimum Gasteiger partial charge on any atom is -0.480 e. The molecule has 6 heteroatoms. The second-order valence-corrected chi connectivity index (χ2v) is 4.53. The van der Waals surface area contributed by atoms with E-state index >= 15 is 0 Å². The SMILES string of the molecule is CC(Cc1ccc(C(F)(F)F)cc1)NC(C)C(=O)O. The first-order chi connectivity index (χ1) is 8.70. The summed E-state index contributed by atoms with van der Waals surface area (Å²) >= 11 is 0. The van der Waals surface area contributed by atoms with Crippen molar-refractivity contribution in [3.63, 3.8) is 0 Å². The fourth-order valence-electron chi connectivity index (χ4n) is 1.74. The maximum atomic E-state index is 12.4. The Morgan fingerprint density at radius 2 is 1.79 bits per heavy atom. The van der Waals surface area contributed by atoms with E-state index in [-0.39, 0.29) is 6.04 Å². The van der Waals surface area contributed by atoms with Gasteiger partial charge in [0.05, 0.1) is 5.56 Å². The van der Waals surface area contributed by atoms with Crippen molar-refractivity contribution in [1.82, 2.24) is 5.32 Å². The summed E-state index contributed by atoms with van der Waals surface area (Å²) < 4.78 is 37.1. The van der Waals surface area contributed by atoms with Gasteiger partial charge in [-0.15, -0.1) is 0 Å². The van der Waals surface area contributed by atoms with E-state index in [9.17, 15) is 18.0 Å². The molecular formula is C13H16F3NO2. The first kappa shape index (κ1) is 15.5. The average molecular weight is 275 g/mol. The normalized spacial score (nSPS) is 15.0. The Hall–Kier alpha value is -1.56. The standard InChI is InChI=1S/C13H16F3NO2/c1-8(17-9(2)12(18)19)7-10-3-5-11(6-4-10)13(14,15)16/h3-6,8-9,17H,7H2,1-2H3,(H,18,19). The molecule has 0 saturated carbocycles. The minimum absolute atomic E-state index is 0.136. The van der Waals surface area contributed by atoms with E-state index in [1.54, 1.807) is 6.92 Å². The fraction of sp³-hybridized carbons (Fsp3) is 0.462. The van der Waals surface area contributed by atoms with Crippen molar-refractivity contribution in [2.24, 2.45) is 0 Å². The maximum absolute atomic E-state index is 12.4. The van der Waals surface area contributed by atoms with Crippen molar-refractivity contribution in [3.05, 3.63) is 35.4 Å². The fourth-order valence-corrected chi connectivity index (χ4v) is 1.74. The predicted octanol–water partition coefficient (Wildman–Crippen LogP) is 2.70. The van der Waals surface area contributed by atoms with Crippen LogP contribution in [0.15, 0.2) is 24.3 Å². The summed E-state index contributed by atoms with van der Waals surface area (Å²) in [6, 6.07) is 4.05. The lowest BCUT2D eigenvalue weighted by molar-refractivity contribution is -0.139. The molecule has 0 radical (unpaired) electrons. The van der Waals surface area contributed by atoms with Crippen LogP contribution in [-0.4, -0.2) is 23.2 Å². The van der Waals surface area contributed by atoms with Crippen LogP contribution in [0.5, 0.6) is 0 Å². The lowest BCUT2D eigenvalue weighted by Gasteiger charge is -2.17. The van der Waals surface area contributed by atoms with Crippen molar-refractivity contribution in [2.75, 3.05) is 0 Å².